The van der Waals surface area contributed by atoms with Crippen LogP contribution in [0, 0.1) is 5.92 Å². The third kappa shape index (κ3) is 4.38. The summed E-state index contributed by atoms with van der Waals surface area (Å²) in [6.45, 7) is 2.15. The number of nitrogens with one attached hydrogen (secondary N) is 1. The van der Waals surface area contributed by atoms with Crippen molar-refractivity contribution in [2.24, 2.45) is 5.92 Å². The van der Waals surface area contributed by atoms with Gasteiger partial charge in [0.2, 0.25) is 0 Å². The summed E-state index contributed by atoms with van der Waals surface area (Å²) in [5, 5.41) is 3.08. The minimum absolute atomic E-state index is 0.428. The Hall–Kier alpha value is -0.750. The molecule has 1 aliphatic heterocycles. The van der Waals surface area contributed by atoms with Gasteiger partial charge < -0.3 is 10.1 Å². The third-order valence-electron chi connectivity index (χ3n) is 3.16. The minimum Gasteiger partial charge on any atom is -0.385 e. The average molecular weight is 338 g/mol. The molecule has 2 nitrogen and oxygen atoms in total. The zero-order valence-electron chi connectivity index (χ0n) is 10.3. The predicted octanol–water partition coefficient (Wildman–Crippen LogP) is 4.31. The van der Waals surface area contributed by atoms with Crippen LogP contribution in [0.1, 0.15) is 18.4 Å². The van der Waals surface area contributed by atoms with Crippen LogP contribution in [-0.4, -0.2) is 19.8 Å². The molecule has 1 fully saturated rings. The average Bonchev–Trinajstić information content (AvgIpc) is 2.36. The molecule has 0 atom stereocenters. The Morgan fingerprint density at radius 1 is 1.21 bits per heavy atom. The molecule has 0 saturated carbocycles. The molecule has 1 N–H and O–H groups in total. The van der Waals surface area contributed by atoms with Crippen LogP contribution in [0.15, 0.2) is 22.7 Å². The van der Waals surface area contributed by atoms with E-state index in [2.05, 4.69) is 21.2 Å². The molecule has 1 saturated heterocycles. The Labute approximate surface area is 118 Å². The fourth-order valence-corrected chi connectivity index (χ4v) is 2.56. The Bertz CT molecular complexity index is 430. The van der Waals surface area contributed by atoms with E-state index in [1.807, 2.05) is 0 Å². The maximum Gasteiger partial charge on any atom is 0.416 e. The second-order valence-corrected chi connectivity index (χ2v) is 5.58. The fourth-order valence-electron chi connectivity index (χ4n) is 2.07. The van der Waals surface area contributed by atoms with Crippen molar-refractivity contribution < 1.29 is 17.9 Å². The molecule has 1 heterocycles. The maximum absolute atomic E-state index is 12.7. The standard InChI is InChI=1S/C13H15BrF3NO/c14-11-5-10(13(15,16)17)6-12(7-11)18-8-9-1-3-19-4-2-9/h5-7,9,18H,1-4,8H2. The lowest BCUT2D eigenvalue weighted by atomic mass is 10.0. The maximum atomic E-state index is 12.7. The second-order valence-electron chi connectivity index (χ2n) is 4.66. The van der Waals surface area contributed by atoms with E-state index in [1.54, 1.807) is 6.07 Å². The van der Waals surface area contributed by atoms with Crippen LogP contribution in [0.5, 0.6) is 0 Å². The summed E-state index contributed by atoms with van der Waals surface area (Å²) in [4.78, 5) is 0. The number of halogens is 4. The lowest BCUT2D eigenvalue weighted by Crippen LogP contribution is -2.22. The summed E-state index contributed by atoms with van der Waals surface area (Å²) in [5.41, 5.74) is -0.149. The van der Waals surface area contributed by atoms with Gasteiger partial charge in [0.15, 0.2) is 0 Å². The van der Waals surface area contributed by atoms with Gasteiger partial charge >= 0.3 is 6.18 Å². The van der Waals surface area contributed by atoms with Crippen LogP contribution in [-0.2, 0) is 10.9 Å². The molecule has 0 aromatic heterocycles. The largest absolute Gasteiger partial charge is 0.416 e. The van der Waals surface area contributed by atoms with Gasteiger partial charge in [-0.05, 0) is 37.0 Å². The summed E-state index contributed by atoms with van der Waals surface area (Å²) >= 11 is 3.11. The Balaban J connectivity index is 2.01. The molecule has 19 heavy (non-hydrogen) atoms. The van der Waals surface area contributed by atoms with Crippen LogP contribution in [0.3, 0.4) is 0 Å². The highest BCUT2D eigenvalue weighted by Crippen LogP contribution is 2.33. The van der Waals surface area contributed by atoms with Crippen molar-refractivity contribution in [1.29, 1.82) is 0 Å². The highest BCUT2D eigenvalue weighted by atomic mass is 79.9. The van der Waals surface area contributed by atoms with E-state index < -0.39 is 11.7 Å². The molecule has 0 spiro atoms. The SMILES string of the molecule is FC(F)(F)c1cc(Br)cc(NCC2CCOCC2)c1. The Kier molecular flexibility index (Phi) is 4.73. The minimum atomic E-state index is -4.32. The van der Waals surface area contributed by atoms with Gasteiger partial charge in [0.25, 0.3) is 0 Å². The first-order valence-electron chi connectivity index (χ1n) is 6.14. The van der Waals surface area contributed by atoms with Crippen molar-refractivity contribution in [2.75, 3.05) is 25.1 Å². The molecule has 1 aliphatic rings. The first-order valence-corrected chi connectivity index (χ1v) is 6.94. The fraction of sp³-hybridized carbons (Fsp3) is 0.538. The van der Waals surface area contributed by atoms with Crippen LogP contribution >= 0.6 is 15.9 Å². The monoisotopic (exact) mass is 337 g/mol. The Morgan fingerprint density at radius 2 is 1.89 bits per heavy atom. The molecule has 0 unspecified atom stereocenters. The van der Waals surface area contributed by atoms with Crippen molar-refractivity contribution in [3.63, 3.8) is 0 Å². The number of anilines is 1. The Morgan fingerprint density at radius 3 is 2.53 bits per heavy atom. The molecule has 1 aromatic carbocycles. The highest BCUT2D eigenvalue weighted by Gasteiger charge is 2.31. The third-order valence-corrected chi connectivity index (χ3v) is 3.62. The number of alkyl halides is 3. The van der Waals surface area contributed by atoms with E-state index in [0.29, 0.717) is 22.6 Å². The van der Waals surface area contributed by atoms with Crippen molar-refractivity contribution in [1.82, 2.24) is 0 Å². The van der Waals surface area contributed by atoms with E-state index in [1.165, 1.54) is 0 Å². The topological polar surface area (TPSA) is 21.3 Å². The van der Waals surface area contributed by atoms with Gasteiger partial charge in [-0.1, -0.05) is 15.9 Å². The molecule has 0 radical (unpaired) electrons. The van der Waals surface area contributed by atoms with Crippen LogP contribution < -0.4 is 5.32 Å². The summed E-state index contributed by atoms with van der Waals surface area (Å²) < 4.78 is 43.7. The smallest absolute Gasteiger partial charge is 0.385 e. The summed E-state index contributed by atoms with van der Waals surface area (Å²) in [7, 11) is 0. The first-order chi connectivity index (χ1) is 8.95. The number of rotatable bonds is 3. The zero-order chi connectivity index (χ0) is 13.9. The van der Waals surface area contributed by atoms with Crippen molar-refractivity contribution in [3.8, 4) is 0 Å². The van der Waals surface area contributed by atoms with Gasteiger partial charge in [-0.2, -0.15) is 13.2 Å². The van der Waals surface area contributed by atoms with Gasteiger partial charge in [-0.25, -0.2) is 0 Å². The van der Waals surface area contributed by atoms with Crippen molar-refractivity contribution in [3.05, 3.63) is 28.2 Å². The zero-order valence-corrected chi connectivity index (χ0v) is 11.9. The van der Waals surface area contributed by atoms with Crippen molar-refractivity contribution >= 4 is 21.6 Å². The number of ether oxygens (including phenoxy) is 1. The number of hydrogen-bond acceptors (Lipinski definition) is 2. The van der Waals surface area contributed by atoms with E-state index in [9.17, 15) is 13.2 Å². The summed E-state index contributed by atoms with van der Waals surface area (Å²) in [6.07, 6.45) is -2.42. The molecule has 106 valence electrons. The lowest BCUT2D eigenvalue weighted by Gasteiger charge is -2.23. The molecular weight excluding hydrogens is 323 g/mol. The van der Waals surface area contributed by atoms with E-state index >= 15 is 0 Å². The molecular formula is C13H15BrF3NO. The van der Waals surface area contributed by atoms with Crippen molar-refractivity contribution in [2.45, 2.75) is 19.0 Å². The quantitative estimate of drug-likeness (QED) is 0.887. The molecule has 0 bridgehead atoms. The molecule has 2 rings (SSSR count). The van der Waals surface area contributed by atoms with E-state index in [-0.39, 0.29) is 0 Å². The lowest BCUT2D eigenvalue weighted by molar-refractivity contribution is -0.137. The normalized spacial score (nSPS) is 17.5. The molecule has 0 amide bonds. The first kappa shape index (κ1) is 14.7. The molecule has 0 aliphatic carbocycles. The van der Waals surface area contributed by atoms with Gasteiger partial charge in [0, 0.05) is 29.9 Å². The summed E-state index contributed by atoms with van der Waals surface area (Å²) in [5.74, 6) is 0.460. The van der Waals surface area contributed by atoms with Gasteiger partial charge in [-0.3, -0.25) is 0 Å². The van der Waals surface area contributed by atoms with Gasteiger partial charge in [-0.15, -0.1) is 0 Å². The molecule has 1 aromatic rings. The second kappa shape index (κ2) is 6.13. The summed E-state index contributed by atoms with van der Waals surface area (Å²) in [6, 6.07) is 3.89. The predicted molar refractivity (Wildman–Crippen MR) is 71.2 cm³/mol. The highest BCUT2D eigenvalue weighted by molar-refractivity contribution is 9.10. The van der Waals surface area contributed by atoms with Crippen LogP contribution in [0.4, 0.5) is 18.9 Å². The number of benzene rings is 1. The van der Waals surface area contributed by atoms with E-state index in [0.717, 1.165) is 38.2 Å². The molecule has 6 heteroatoms. The van der Waals surface area contributed by atoms with Gasteiger partial charge in [0.05, 0.1) is 5.56 Å². The van der Waals surface area contributed by atoms with Gasteiger partial charge in [0.1, 0.15) is 0 Å². The number of hydrogen-bond donors (Lipinski definition) is 1. The van der Waals surface area contributed by atoms with Crippen LogP contribution in [0.2, 0.25) is 0 Å². The van der Waals surface area contributed by atoms with Crippen LogP contribution in [0.25, 0.3) is 0 Å². The van der Waals surface area contributed by atoms with E-state index in [4.69, 9.17) is 4.74 Å².